The second-order valence-corrected chi connectivity index (χ2v) is 8.85. The van der Waals surface area contributed by atoms with Gasteiger partial charge >= 0.3 is 0 Å². The second-order valence-electron chi connectivity index (χ2n) is 5.70. The molecule has 0 spiro atoms. The molecule has 0 N–H and O–H groups in total. The van der Waals surface area contributed by atoms with Gasteiger partial charge in [0.05, 0.1) is 11.8 Å². The van der Waals surface area contributed by atoms with Crippen molar-refractivity contribution in [3.63, 3.8) is 0 Å². The third kappa shape index (κ3) is 3.53. The minimum atomic E-state index is -3.66. The van der Waals surface area contributed by atoms with Crippen molar-refractivity contribution in [3.05, 3.63) is 53.6 Å². The van der Waals surface area contributed by atoms with Gasteiger partial charge in [-0.2, -0.15) is 4.31 Å². The van der Waals surface area contributed by atoms with Crippen molar-refractivity contribution in [2.75, 3.05) is 13.7 Å². The van der Waals surface area contributed by atoms with Crippen LogP contribution >= 0.6 is 11.3 Å². The van der Waals surface area contributed by atoms with Crippen molar-refractivity contribution >= 4 is 31.6 Å². The molecule has 25 heavy (non-hydrogen) atoms. The Kier molecular flexibility index (Phi) is 5.08. The van der Waals surface area contributed by atoms with Crippen molar-refractivity contribution < 1.29 is 13.2 Å². The number of aryl methyl sites for hydroxylation is 1. The fourth-order valence-electron chi connectivity index (χ4n) is 2.55. The zero-order valence-corrected chi connectivity index (χ0v) is 16.0. The Morgan fingerprint density at radius 2 is 1.88 bits per heavy atom. The average molecular weight is 377 g/mol. The van der Waals surface area contributed by atoms with Crippen LogP contribution in [0.5, 0.6) is 5.75 Å². The zero-order chi connectivity index (χ0) is 18.0. The molecule has 0 atom stereocenters. The molecule has 0 radical (unpaired) electrons. The molecule has 0 saturated carbocycles. The average Bonchev–Trinajstić information content (AvgIpc) is 3.06. The summed E-state index contributed by atoms with van der Waals surface area (Å²) in [5.74, 6) is 0.580. The van der Waals surface area contributed by atoms with E-state index in [2.05, 4.69) is 4.98 Å². The predicted octanol–water partition coefficient (Wildman–Crippen LogP) is 3.82. The molecule has 0 aliphatic rings. The normalized spacial score (nSPS) is 12.0. The molecule has 2 aromatic carbocycles. The first-order chi connectivity index (χ1) is 12.0. The lowest BCUT2D eigenvalue weighted by Crippen LogP contribution is -2.30. The van der Waals surface area contributed by atoms with Gasteiger partial charge in [-0.3, -0.25) is 0 Å². The first-order valence-electron chi connectivity index (χ1n) is 7.95. The van der Waals surface area contributed by atoms with Crippen LogP contribution in [-0.2, 0) is 16.6 Å². The first-order valence-corrected chi connectivity index (χ1v) is 10.2. The Bertz CT molecular complexity index is 979. The molecule has 1 aromatic heterocycles. The number of hydrogen-bond donors (Lipinski definition) is 0. The highest BCUT2D eigenvalue weighted by molar-refractivity contribution is 7.91. The molecule has 132 valence electrons. The number of benzene rings is 2. The smallest absolute Gasteiger partial charge is 0.270 e. The maximum Gasteiger partial charge on any atom is 0.270 e. The Morgan fingerprint density at radius 1 is 1.16 bits per heavy atom. The van der Waals surface area contributed by atoms with Gasteiger partial charge in [-0.15, -0.1) is 11.3 Å². The Labute approximate surface area is 151 Å². The number of aromatic nitrogens is 1. The number of nitrogens with zero attached hydrogens (tertiary/aromatic N) is 2. The van der Waals surface area contributed by atoms with Crippen LogP contribution in [0.15, 0.2) is 46.8 Å². The summed E-state index contributed by atoms with van der Waals surface area (Å²) in [6.45, 7) is 4.54. The number of hydrogen-bond acceptors (Lipinski definition) is 5. The van der Waals surface area contributed by atoms with Crippen LogP contribution in [0, 0.1) is 6.92 Å². The van der Waals surface area contributed by atoms with Gasteiger partial charge in [0.2, 0.25) is 4.34 Å². The third-order valence-electron chi connectivity index (χ3n) is 3.98. The maximum atomic E-state index is 13.0. The summed E-state index contributed by atoms with van der Waals surface area (Å²) in [5.41, 5.74) is 2.68. The highest BCUT2D eigenvalue weighted by Gasteiger charge is 2.27. The number of sulfonamides is 1. The summed E-state index contributed by atoms with van der Waals surface area (Å²) in [6.07, 6.45) is 0. The summed E-state index contributed by atoms with van der Waals surface area (Å²) < 4.78 is 33.7. The third-order valence-corrected chi connectivity index (χ3v) is 7.27. The van der Waals surface area contributed by atoms with Crippen LogP contribution in [0.3, 0.4) is 0 Å². The largest absolute Gasteiger partial charge is 0.494 e. The van der Waals surface area contributed by atoms with Crippen molar-refractivity contribution in [2.45, 2.75) is 24.7 Å². The van der Waals surface area contributed by atoms with Crippen LogP contribution in [0.1, 0.15) is 18.1 Å². The van der Waals surface area contributed by atoms with E-state index >= 15 is 0 Å². The Hall–Kier alpha value is -1.96. The standard InChI is InChI=1S/C18H20N2O3S2/c1-4-20(12-14-10-8-13(2)9-11-14)25(21,22)18-19-17-15(23-3)6-5-7-16(17)24-18/h5-11H,4,12H2,1-3H3. The van der Waals surface area contributed by atoms with Gasteiger partial charge in [-0.25, -0.2) is 13.4 Å². The van der Waals surface area contributed by atoms with Crippen LogP contribution in [0.2, 0.25) is 0 Å². The molecule has 0 saturated heterocycles. The lowest BCUT2D eigenvalue weighted by Gasteiger charge is -2.19. The Balaban J connectivity index is 1.97. The monoisotopic (exact) mass is 376 g/mol. The fraction of sp³-hybridized carbons (Fsp3) is 0.278. The van der Waals surface area contributed by atoms with E-state index in [9.17, 15) is 8.42 Å². The quantitative estimate of drug-likeness (QED) is 0.656. The van der Waals surface area contributed by atoms with Crippen LogP contribution in [-0.4, -0.2) is 31.4 Å². The van der Waals surface area contributed by atoms with Crippen molar-refractivity contribution in [1.82, 2.24) is 9.29 Å². The van der Waals surface area contributed by atoms with E-state index in [-0.39, 0.29) is 4.34 Å². The second kappa shape index (κ2) is 7.11. The topological polar surface area (TPSA) is 59.5 Å². The van der Waals surface area contributed by atoms with Gasteiger partial charge in [0.1, 0.15) is 11.3 Å². The molecule has 1 heterocycles. The SMILES string of the molecule is CCN(Cc1ccc(C)cc1)S(=O)(=O)c1nc2c(OC)cccc2s1. The predicted molar refractivity (Wildman–Crippen MR) is 101 cm³/mol. The van der Waals surface area contributed by atoms with Crippen molar-refractivity contribution in [2.24, 2.45) is 0 Å². The number of ether oxygens (including phenoxy) is 1. The number of rotatable bonds is 6. The number of para-hydroxylation sites is 1. The van der Waals surface area contributed by atoms with Crippen LogP contribution < -0.4 is 4.74 Å². The van der Waals surface area contributed by atoms with E-state index in [1.807, 2.05) is 50.2 Å². The van der Waals surface area contributed by atoms with E-state index in [0.717, 1.165) is 15.8 Å². The lowest BCUT2D eigenvalue weighted by molar-refractivity contribution is 0.418. The minimum absolute atomic E-state index is 0.0981. The number of fused-ring (bicyclic) bond motifs is 1. The number of methoxy groups -OCH3 is 1. The zero-order valence-electron chi connectivity index (χ0n) is 14.4. The van der Waals surface area contributed by atoms with Crippen LogP contribution in [0.4, 0.5) is 0 Å². The molecule has 7 heteroatoms. The molecule has 3 rings (SSSR count). The Morgan fingerprint density at radius 3 is 2.52 bits per heavy atom. The summed E-state index contributed by atoms with van der Waals surface area (Å²) in [7, 11) is -2.11. The maximum absolute atomic E-state index is 13.0. The summed E-state index contributed by atoms with van der Waals surface area (Å²) in [6, 6.07) is 13.3. The van der Waals surface area contributed by atoms with E-state index in [1.165, 1.54) is 15.6 Å². The highest BCUT2D eigenvalue weighted by atomic mass is 32.2. The molecule has 0 unspecified atom stereocenters. The van der Waals surface area contributed by atoms with Crippen LogP contribution in [0.25, 0.3) is 10.2 Å². The summed E-state index contributed by atoms with van der Waals surface area (Å²) in [5, 5.41) is 0. The fourth-order valence-corrected chi connectivity index (χ4v) is 5.36. The van der Waals surface area contributed by atoms with Gasteiger partial charge in [0, 0.05) is 13.1 Å². The number of thiazole rings is 1. The van der Waals surface area contributed by atoms with Gasteiger partial charge in [-0.1, -0.05) is 42.8 Å². The first kappa shape index (κ1) is 17.8. The molecule has 0 aliphatic heterocycles. The molecular weight excluding hydrogens is 356 g/mol. The van der Waals surface area contributed by atoms with E-state index in [1.54, 1.807) is 13.2 Å². The summed E-state index contributed by atoms with van der Waals surface area (Å²) in [4.78, 5) is 4.34. The molecule has 0 fully saturated rings. The van der Waals surface area contributed by atoms with E-state index in [0.29, 0.717) is 24.4 Å². The molecular formula is C18H20N2O3S2. The molecule has 0 amide bonds. The van der Waals surface area contributed by atoms with Gasteiger partial charge in [0.15, 0.2) is 0 Å². The highest BCUT2D eigenvalue weighted by Crippen LogP contribution is 2.33. The minimum Gasteiger partial charge on any atom is -0.494 e. The molecule has 0 bridgehead atoms. The lowest BCUT2D eigenvalue weighted by atomic mass is 10.1. The molecule has 0 aliphatic carbocycles. The van der Waals surface area contributed by atoms with Crippen molar-refractivity contribution in [3.8, 4) is 5.75 Å². The van der Waals surface area contributed by atoms with Gasteiger partial charge in [-0.05, 0) is 24.6 Å². The van der Waals surface area contributed by atoms with E-state index in [4.69, 9.17) is 4.74 Å². The molecule has 3 aromatic rings. The van der Waals surface area contributed by atoms with Crippen molar-refractivity contribution in [1.29, 1.82) is 0 Å². The van der Waals surface area contributed by atoms with Gasteiger partial charge < -0.3 is 4.74 Å². The molecule has 5 nitrogen and oxygen atoms in total. The van der Waals surface area contributed by atoms with Gasteiger partial charge in [0.25, 0.3) is 10.0 Å². The van der Waals surface area contributed by atoms with E-state index < -0.39 is 10.0 Å². The summed E-state index contributed by atoms with van der Waals surface area (Å²) >= 11 is 1.17.